The molecule has 1 amide bonds. The lowest BCUT2D eigenvalue weighted by atomic mass is 10.2. The first-order valence-corrected chi connectivity index (χ1v) is 7.99. The van der Waals surface area contributed by atoms with Gasteiger partial charge in [-0.2, -0.15) is 0 Å². The molecule has 2 rings (SSSR count). The Balaban J connectivity index is 2.01. The van der Waals surface area contributed by atoms with E-state index in [1.54, 1.807) is 11.8 Å². The Morgan fingerprint density at radius 2 is 2.43 bits per heavy atom. The molecule has 1 aromatic carbocycles. The topological polar surface area (TPSA) is 93.8 Å². The Labute approximate surface area is 129 Å². The van der Waals surface area contributed by atoms with E-state index < -0.39 is 4.92 Å². The maximum absolute atomic E-state index is 11.9. The van der Waals surface area contributed by atoms with Gasteiger partial charge in [-0.25, -0.2) is 0 Å². The number of nitro groups is 1. The zero-order chi connectivity index (χ0) is 15.2. The van der Waals surface area contributed by atoms with Gasteiger partial charge in [0.05, 0.1) is 30.0 Å². The summed E-state index contributed by atoms with van der Waals surface area (Å²) in [6.45, 7) is 0.785. The molecule has 1 N–H and O–H groups in total. The molecule has 1 aliphatic heterocycles. The van der Waals surface area contributed by atoms with Crippen LogP contribution >= 0.6 is 23.5 Å². The van der Waals surface area contributed by atoms with Crippen molar-refractivity contribution in [3.63, 3.8) is 0 Å². The zero-order valence-electron chi connectivity index (χ0n) is 11.2. The summed E-state index contributed by atoms with van der Waals surface area (Å²) < 4.78 is 5.99. The number of nitro benzene ring substituents is 1. The van der Waals surface area contributed by atoms with Crippen LogP contribution in [-0.2, 0) is 4.79 Å². The molecule has 0 unspecified atom stereocenters. The average molecular weight is 327 g/mol. The number of rotatable bonds is 5. The smallest absolute Gasteiger partial charge is 0.271 e. The number of anilines is 1. The first-order chi connectivity index (χ1) is 10.1. The third-order valence-corrected chi connectivity index (χ3v) is 4.80. The Hall–Kier alpha value is -1.74. The minimum absolute atomic E-state index is 0.102. The molecule has 0 saturated heterocycles. The van der Waals surface area contributed by atoms with Crippen LogP contribution in [0.4, 0.5) is 11.4 Å². The molecule has 1 heterocycles. The van der Waals surface area contributed by atoms with Gasteiger partial charge in [-0.05, 0) is 6.07 Å². The Bertz CT molecular complexity index is 592. The van der Waals surface area contributed by atoms with Crippen LogP contribution in [0, 0.1) is 10.1 Å². The molecule has 0 aliphatic carbocycles. The van der Waals surface area contributed by atoms with Gasteiger partial charge in [0.15, 0.2) is 0 Å². The summed E-state index contributed by atoms with van der Waals surface area (Å²) >= 11 is 2.99. The largest absolute Gasteiger partial charge is 0.495 e. The molecule has 9 heteroatoms. The number of methoxy groups -OCH3 is 1. The van der Waals surface area contributed by atoms with Crippen molar-refractivity contribution < 1.29 is 14.5 Å². The molecule has 0 saturated carbocycles. The number of ether oxygens (including phenoxy) is 1. The highest BCUT2D eigenvalue weighted by molar-refractivity contribution is 8.39. The van der Waals surface area contributed by atoms with E-state index in [2.05, 4.69) is 10.3 Å². The standard InChI is InChI=1S/C12H13N3O4S2/c1-19-10-3-2-8(15(17)18)6-9(10)14-11(16)7-21-12-13-4-5-20-12/h2-3,6H,4-5,7H2,1H3,(H,14,16). The predicted octanol–water partition coefficient (Wildman–Crippen LogP) is 2.38. The molecule has 7 nitrogen and oxygen atoms in total. The number of nitrogens with zero attached hydrogens (tertiary/aromatic N) is 2. The minimum Gasteiger partial charge on any atom is -0.495 e. The van der Waals surface area contributed by atoms with Crippen LogP contribution in [0.2, 0.25) is 0 Å². The second-order valence-corrected chi connectivity index (χ2v) is 6.28. The first kappa shape index (κ1) is 15.6. The van der Waals surface area contributed by atoms with E-state index in [9.17, 15) is 14.9 Å². The van der Waals surface area contributed by atoms with Crippen molar-refractivity contribution in [1.29, 1.82) is 0 Å². The molecule has 0 bridgehead atoms. The number of amides is 1. The van der Waals surface area contributed by atoms with E-state index in [0.29, 0.717) is 11.4 Å². The summed E-state index contributed by atoms with van der Waals surface area (Å²) in [4.78, 5) is 26.4. The van der Waals surface area contributed by atoms with Crippen molar-refractivity contribution in [2.24, 2.45) is 4.99 Å². The minimum atomic E-state index is -0.520. The number of carbonyl (C=O) groups is 1. The van der Waals surface area contributed by atoms with Gasteiger partial charge in [-0.1, -0.05) is 23.5 Å². The number of non-ortho nitro benzene ring substituents is 1. The average Bonchev–Trinajstić information content (AvgIpc) is 2.98. The number of nitrogens with one attached hydrogen (secondary N) is 1. The van der Waals surface area contributed by atoms with Crippen LogP contribution in [-0.4, -0.2) is 40.4 Å². The third kappa shape index (κ3) is 4.36. The third-order valence-electron chi connectivity index (χ3n) is 2.55. The monoisotopic (exact) mass is 327 g/mol. The SMILES string of the molecule is COc1ccc([N+](=O)[O-])cc1NC(=O)CSC1=NCCS1. The van der Waals surface area contributed by atoms with Gasteiger partial charge in [0.25, 0.3) is 5.69 Å². The fourth-order valence-electron chi connectivity index (χ4n) is 1.62. The summed E-state index contributed by atoms with van der Waals surface area (Å²) in [5.41, 5.74) is 0.188. The molecular formula is C12H13N3O4S2. The lowest BCUT2D eigenvalue weighted by Crippen LogP contribution is -2.15. The highest BCUT2D eigenvalue weighted by Crippen LogP contribution is 2.29. The summed E-state index contributed by atoms with van der Waals surface area (Å²) in [5.74, 6) is 1.28. The van der Waals surface area contributed by atoms with Crippen LogP contribution in [0.1, 0.15) is 0 Å². The quantitative estimate of drug-likeness (QED) is 0.659. The second-order valence-electron chi connectivity index (χ2n) is 3.97. The second kappa shape index (κ2) is 7.32. The number of aliphatic imine (C=N–C) groups is 1. The maximum atomic E-state index is 11.9. The lowest BCUT2D eigenvalue weighted by Gasteiger charge is -2.09. The summed E-state index contributed by atoms with van der Waals surface area (Å²) in [6.07, 6.45) is 0. The van der Waals surface area contributed by atoms with Crippen LogP contribution in [0.3, 0.4) is 0 Å². The molecule has 1 aliphatic rings. The summed E-state index contributed by atoms with van der Waals surface area (Å²) in [6, 6.07) is 4.06. The first-order valence-electron chi connectivity index (χ1n) is 6.02. The molecule has 0 spiro atoms. The van der Waals surface area contributed by atoms with E-state index in [0.717, 1.165) is 16.7 Å². The van der Waals surface area contributed by atoms with Crippen molar-refractivity contribution in [3.05, 3.63) is 28.3 Å². The number of hydrogen-bond acceptors (Lipinski definition) is 7. The molecular weight excluding hydrogens is 314 g/mol. The molecule has 112 valence electrons. The van der Waals surface area contributed by atoms with E-state index >= 15 is 0 Å². The highest BCUT2D eigenvalue weighted by Gasteiger charge is 2.15. The van der Waals surface area contributed by atoms with Crippen molar-refractivity contribution >= 4 is 45.2 Å². The van der Waals surface area contributed by atoms with Crippen LogP contribution in [0.15, 0.2) is 23.2 Å². The van der Waals surface area contributed by atoms with Gasteiger partial charge >= 0.3 is 0 Å². The number of thioether (sulfide) groups is 2. The van der Waals surface area contributed by atoms with Gasteiger partial charge in [0.2, 0.25) is 5.91 Å². The molecule has 1 aromatic rings. The molecule has 0 aromatic heterocycles. The zero-order valence-corrected chi connectivity index (χ0v) is 12.8. The normalized spacial score (nSPS) is 13.7. The van der Waals surface area contributed by atoms with Crippen molar-refractivity contribution in [3.8, 4) is 5.75 Å². The van der Waals surface area contributed by atoms with Crippen molar-refractivity contribution in [1.82, 2.24) is 0 Å². The van der Waals surface area contributed by atoms with Gasteiger partial charge in [-0.15, -0.1) is 0 Å². The molecule has 0 fully saturated rings. The lowest BCUT2D eigenvalue weighted by molar-refractivity contribution is -0.384. The van der Waals surface area contributed by atoms with Gasteiger partial charge in [0.1, 0.15) is 10.1 Å². The molecule has 0 radical (unpaired) electrons. The summed E-state index contributed by atoms with van der Waals surface area (Å²) in [7, 11) is 1.44. The van der Waals surface area contributed by atoms with Crippen LogP contribution < -0.4 is 10.1 Å². The number of carbonyl (C=O) groups excluding carboxylic acids is 1. The van der Waals surface area contributed by atoms with Gasteiger partial charge in [-0.3, -0.25) is 19.9 Å². The van der Waals surface area contributed by atoms with Crippen molar-refractivity contribution in [2.45, 2.75) is 0 Å². The fourth-order valence-corrected chi connectivity index (χ4v) is 3.43. The van der Waals surface area contributed by atoms with Gasteiger partial charge < -0.3 is 10.1 Å². The Morgan fingerprint density at radius 1 is 1.62 bits per heavy atom. The van der Waals surface area contributed by atoms with E-state index in [4.69, 9.17) is 4.74 Å². The van der Waals surface area contributed by atoms with E-state index in [-0.39, 0.29) is 17.3 Å². The predicted molar refractivity (Wildman–Crippen MR) is 85.5 cm³/mol. The van der Waals surface area contributed by atoms with Gasteiger partial charge in [0, 0.05) is 17.9 Å². The molecule has 0 atom stereocenters. The Morgan fingerprint density at radius 3 is 3.05 bits per heavy atom. The van der Waals surface area contributed by atoms with Crippen molar-refractivity contribution in [2.75, 3.05) is 30.5 Å². The number of benzene rings is 1. The number of hydrogen-bond donors (Lipinski definition) is 1. The maximum Gasteiger partial charge on any atom is 0.271 e. The van der Waals surface area contributed by atoms with E-state index in [1.807, 2.05) is 0 Å². The van der Waals surface area contributed by atoms with E-state index in [1.165, 1.54) is 37.1 Å². The Kier molecular flexibility index (Phi) is 5.45. The highest BCUT2D eigenvalue weighted by atomic mass is 32.2. The fraction of sp³-hybridized carbons (Fsp3) is 0.333. The molecule has 21 heavy (non-hydrogen) atoms. The van der Waals surface area contributed by atoms with Crippen LogP contribution in [0.25, 0.3) is 0 Å². The van der Waals surface area contributed by atoms with Crippen LogP contribution in [0.5, 0.6) is 5.75 Å². The summed E-state index contributed by atoms with van der Waals surface area (Å²) in [5, 5.41) is 13.4.